The number of benzene rings is 1. The van der Waals surface area contributed by atoms with Crippen LogP contribution in [-0.2, 0) is 5.88 Å². The number of hydrogen-bond donors (Lipinski definition) is 0. The fraction of sp³-hybridized carbons (Fsp3) is 0.538. The molecule has 1 aromatic rings. The topological polar surface area (TPSA) is 3.24 Å². The number of anilines is 1. The fourth-order valence-electron chi connectivity index (χ4n) is 1.80. The van der Waals surface area contributed by atoms with Crippen molar-refractivity contribution in [3.8, 4) is 0 Å². The average Bonchev–Trinajstić information content (AvgIpc) is 2.28. The van der Waals surface area contributed by atoms with Crippen molar-refractivity contribution < 1.29 is 4.39 Å². The number of alkyl halides is 1. The largest absolute Gasteiger partial charge is 0.371 e. The first-order chi connectivity index (χ1) is 7.71. The second kappa shape index (κ2) is 6.74. The van der Waals surface area contributed by atoms with E-state index >= 15 is 0 Å². The summed E-state index contributed by atoms with van der Waals surface area (Å²) < 4.78 is 13.4. The van der Waals surface area contributed by atoms with Gasteiger partial charge in [-0.05, 0) is 36.6 Å². The lowest BCUT2D eigenvalue weighted by atomic mass is 10.2. The van der Waals surface area contributed by atoms with E-state index < -0.39 is 0 Å². The van der Waals surface area contributed by atoms with Crippen LogP contribution in [-0.4, -0.2) is 13.1 Å². The highest BCUT2D eigenvalue weighted by molar-refractivity contribution is 6.17. The van der Waals surface area contributed by atoms with E-state index in [1.54, 1.807) is 6.07 Å². The van der Waals surface area contributed by atoms with E-state index in [9.17, 15) is 4.39 Å². The maximum Gasteiger partial charge on any atom is 0.125 e. The molecule has 3 heteroatoms. The zero-order valence-electron chi connectivity index (χ0n) is 9.97. The van der Waals surface area contributed by atoms with Crippen LogP contribution in [0.3, 0.4) is 0 Å². The van der Waals surface area contributed by atoms with Crippen molar-refractivity contribution in [2.75, 3.05) is 18.0 Å². The molecule has 0 fully saturated rings. The van der Waals surface area contributed by atoms with E-state index in [1.807, 2.05) is 6.07 Å². The van der Waals surface area contributed by atoms with E-state index in [0.717, 1.165) is 37.2 Å². The highest BCUT2D eigenvalue weighted by Gasteiger charge is 2.07. The minimum absolute atomic E-state index is 0.203. The van der Waals surface area contributed by atoms with Gasteiger partial charge in [0.2, 0.25) is 0 Å². The Bertz CT molecular complexity index is 322. The quantitative estimate of drug-likeness (QED) is 0.677. The SMILES string of the molecule is CCCN(CCC)c1cc(F)cc(CCl)c1. The summed E-state index contributed by atoms with van der Waals surface area (Å²) in [5.74, 6) is 0.155. The molecule has 0 saturated heterocycles. The highest BCUT2D eigenvalue weighted by atomic mass is 35.5. The normalized spacial score (nSPS) is 10.5. The molecule has 1 rings (SSSR count). The molecule has 0 heterocycles. The summed E-state index contributed by atoms with van der Waals surface area (Å²) in [7, 11) is 0. The summed E-state index contributed by atoms with van der Waals surface area (Å²) >= 11 is 5.74. The van der Waals surface area contributed by atoms with Crippen LogP contribution < -0.4 is 4.90 Å². The van der Waals surface area contributed by atoms with Crippen LogP contribution in [0.4, 0.5) is 10.1 Å². The Labute approximate surface area is 102 Å². The van der Waals surface area contributed by atoms with Crippen LogP contribution in [0.25, 0.3) is 0 Å². The standard InChI is InChI=1S/C13H19ClFN/c1-3-5-16(6-4-2)13-8-11(10-14)7-12(15)9-13/h7-9H,3-6,10H2,1-2H3. The molecular formula is C13H19ClFN. The number of nitrogens with zero attached hydrogens (tertiary/aromatic N) is 1. The molecule has 16 heavy (non-hydrogen) atoms. The van der Waals surface area contributed by atoms with Crippen LogP contribution in [0.1, 0.15) is 32.3 Å². The van der Waals surface area contributed by atoms with Gasteiger partial charge in [-0.25, -0.2) is 4.39 Å². The summed E-state index contributed by atoms with van der Waals surface area (Å²) in [6.07, 6.45) is 2.12. The van der Waals surface area contributed by atoms with Gasteiger partial charge in [-0.15, -0.1) is 11.6 Å². The van der Waals surface area contributed by atoms with Gasteiger partial charge in [0.15, 0.2) is 0 Å². The fourth-order valence-corrected chi connectivity index (χ4v) is 1.96. The Morgan fingerprint density at radius 3 is 2.25 bits per heavy atom. The highest BCUT2D eigenvalue weighted by Crippen LogP contribution is 2.20. The van der Waals surface area contributed by atoms with E-state index in [1.165, 1.54) is 6.07 Å². The lowest BCUT2D eigenvalue weighted by Crippen LogP contribution is -2.25. The molecule has 0 radical (unpaired) electrons. The first kappa shape index (κ1) is 13.3. The molecule has 0 amide bonds. The van der Waals surface area contributed by atoms with Crippen LogP contribution >= 0.6 is 11.6 Å². The molecular weight excluding hydrogens is 225 g/mol. The monoisotopic (exact) mass is 243 g/mol. The molecule has 0 aromatic heterocycles. The molecule has 0 bridgehead atoms. The van der Waals surface area contributed by atoms with E-state index in [0.29, 0.717) is 5.88 Å². The summed E-state index contributed by atoms with van der Waals surface area (Å²) in [6, 6.07) is 5.05. The van der Waals surface area contributed by atoms with Gasteiger partial charge in [0.25, 0.3) is 0 Å². The zero-order chi connectivity index (χ0) is 12.0. The Morgan fingerprint density at radius 2 is 1.75 bits per heavy atom. The third kappa shape index (κ3) is 3.67. The molecule has 1 nitrogen and oxygen atoms in total. The first-order valence-corrected chi connectivity index (χ1v) is 6.35. The van der Waals surface area contributed by atoms with Crippen molar-refractivity contribution in [1.82, 2.24) is 0 Å². The smallest absolute Gasteiger partial charge is 0.125 e. The Kier molecular flexibility index (Phi) is 5.61. The van der Waals surface area contributed by atoms with Crippen molar-refractivity contribution in [2.24, 2.45) is 0 Å². The maximum atomic E-state index is 13.4. The Hall–Kier alpha value is -0.760. The second-order valence-electron chi connectivity index (χ2n) is 3.94. The minimum atomic E-state index is -0.203. The van der Waals surface area contributed by atoms with Crippen molar-refractivity contribution in [1.29, 1.82) is 0 Å². The predicted octanol–water partition coefficient (Wildman–Crippen LogP) is 4.19. The second-order valence-corrected chi connectivity index (χ2v) is 4.21. The van der Waals surface area contributed by atoms with Crippen LogP contribution in [0, 0.1) is 5.82 Å². The number of rotatable bonds is 6. The molecule has 0 N–H and O–H groups in total. The predicted molar refractivity (Wildman–Crippen MR) is 68.8 cm³/mol. The molecule has 0 aliphatic carbocycles. The summed E-state index contributed by atoms with van der Waals surface area (Å²) in [4.78, 5) is 2.21. The molecule has 0 unspecified atom stereocenters. The summed E-state index contributed by atoms with van der Waals surface area (Å²) in [6.45, 7) is 6.17. The third-order valence-corrected chi connectivity index (χ3v) is 2.76. The third-order valence-electron chi connectivity index (χ3n) is 2.45. The van der Waals surface area contributed by atoms with Gasteiger partial charge in [-0.3, -0.25) is 0 Å². The minimum Gasteiger partial charge on any atom is -0.371 e. The van der Waals surface area contributed by atoms with Crippen molar-refractivity contribution >= 4 is 17.3 Å². The van der Waals surface area contributed by atoms with Crippen molar-refractivity contribution in [3.63, 3.8) is 0 Å². The number of hydrogen-bond acceptors (Lipinski definition) is 1. The van der Waals surface area contributed by atoms with Crippen molar-refractivity contribution in [2.45, 2.75) is 32.6 Å². The Morgan fingerprint density at radius 1 is 1.12 bits per heavy atom. The molecule has 0 aliphatic rings. The molecule has 0 aliphatic heterocycles. The van der Waals surface area contributed by atoms with Gasteiger partial charge in [-0.2, -0.15) is 0 Å². The zero-order valence-corrected chi connectivity index (χ0v) is 10.7. The Balaban J connectivity index is 2.93. The van der Waals surface area contributed by atoms with E-state index in [-0.39, 0.29) is 5.82 Å². The van der Waals surface area contributed by atoms with Gasteiger partial charge < -0.3 is 4.90 Å². The molecule has 90 valence electrons. The summed E-state index contributed by atoms with van der Waals surface area (Å²) in [5.41, 5.74) is 1.79. The molecule has 0 atom stereocenters. The maximum absolute atomic E-state index is 13.4. The van der Waals surface area contributed by atoms with Gasteiger partial charge in [-0.1, -0.05) is 13.8 Å². The lowest BCUT2D eigenvalue weighted by Gasteiger charge is -2.24. The van der Waals surface area contributed by atoms with Gasteiger partial charge >= 0.3 is 0 Å². The van der Waals surface area contributed by atoms with E-state index in [4.69, 9.17) is 11.6 Å². The molecule has 1 aromatic carbocycles. The van der Waals surface area contributed by atoms with Crippen LogP contribution in [0.2, 0.25) is 0 Å². The lowest BCUT2D eigenvalue weighted by molar-refractivity contribution is 0.624. The average molecular weight is 244 g/mol. The first-order valence-electron chi connectivity index (χ1n) is 5.81. The van der Waals surface area contributed by atoms with E-state index in [2.05, 4.69) is 18.7 Å². The number of halogens is 2. The van der Waals surface area contributed by atoms with Crippen molar-refractivity contribution in [3.05, 3.63) is 29.6 Å². The molecule has 0 spiro atoms. The van der Waals surface area contributed by atoms with Gasteiger partial charge in [0.1, 0.15) is 5.82 Å². The van der Waals surface area contributed by atoms with Crippen LogP contribution in [0.5, 0.6) is 0 Å². The summed E-state index contributed by atoms with van der Waals surface area (Å²) in [5, 5.41) is 0. The van der Waals surface area contributed by atoms with Gasteiger partial charge in [0, 0.05) is 24.7 Å². The molecule has 0 saturated carbocycles. The van der Waals surface area contributed by atoms with Crippen LogP contribution in [0.15, 0.2) is 18.2 Å². The van der Waals surface area contributed by atoms with Gasteiger partial charge in [0.05, 0.1) is 0 Å².